The zero-order chi connectivity index (χ0) is 90.1. The molecule has 0 atom stereocenters. The molecule has 0 aliphatic rings. The first-order chi connectivity index (χ1) is 60.6. The number of carbonyl (C=O) groups is 4. The topological polar surface area (TPSA) is 220 Å². The van der Waals surface area contributed by atoms with E-state index in [-0.39, 0.29) is 86.4 Å². The molecule has 0 unspecified atom stereocenters. The van der Waals surface area contributed by atoms with Crippen molar-refractivity contribution in [1.29, 1.82) is 0 Å². The van der Waals surface area contributed by atoms with Crippen molar-refractivity contribution in [1.82, 2.24) is 0 Å². The Labute approximate surface area is 798 Å². The summed E-state index contributed by atoms with van der Waals surface area (Å²) in [6.45, 7) is 9.74. The summed E-state index contributed by atoms with van der Waals surface area (Å²) in [6, 6.07) is 6.25. The third-order valence-corrected chi connectivity index (χ3v) is 25.7. The molecule has 2 aromatic rings. The second-order valence-corrected chi connectivity index (χ2v) is 38.4. The Bertz CT molecular complexity index is 2950. The molecule has 2 rings (SSSR count). The number of rotatable bonds is 90. The molecule has 2 aromatic carbocycles. The van der Waals surface area contributed by atoms with Gasteiger partial charge < -0.3 is 28.1 Å². The monoisotopic (exact) mass is 1810 g/mol. The van der Waals surface area contributed by atoms with Gasteiger partial charge in [0.05, 0.1) is 58.5 Å². The summed E-state index contributed by atoms with van der Waals surface area (Å²) in [5.41, 5.74) is -0.722. The molecule has 0 aliphatic heterocycles. The van der Waals surface area contributed by atoms with Gasteiger partial charge in [0.25, 0.3) is 0 Å². The van der Waals surface area contributed by atoms with E-state index in [0.29, 0.717) is 25.7 Å². The zero-order valence-electron chi connectivity index (χ0n) is 80.9. The van der Waals surface area contributed by atoms with E-state index in [1.165, 1.54) is 360 Å². The van der Waals surface area contributed by atoms with Gasteiger partial charge in [-0.2, -0.15) is 0 Å². The first-order valence-corrected chi connectivity index (χ1v) is 54.9. The summed E-state index contributed by atoms with van der Waals surface area (Å²) >= 11 is 0. The van der Waals surface area contributed by atoms with Crippen molar-refractivity contribution in [2.45, 2.75) is 525 Å². The van der Waals surface area contributed by atoms with Crippen LogP contribution in [0, 0.1) is 0 Å². The molecule has 0 bridgehead atoms. The molecule has 125 heavy (non-hydrogen) atoms. The molecule has 0 heterocycles. The predicted octanol–water partition coefficient (Wildman–Crippen LogP) is 33.4. The van der Waals surface area contributed by atoms with Crippen LogP contribution < -0.4 is 0 Å². The fraction of sp³-hybridized carbons (Fsp3) is 0.778. The van der Waals surface area contributed by atoms with E-state index in [9.17, 15) is 45.1 Å². The molecular weight excluding hydrogens is 1630 g/mol. The molecule has 17 heteroatoms. The van der Waals surface area contributed by atoms with Crippen molar-refractivity contribution in [2.24, 2.45) is 0 Å². The number of benzene rings is 2. The van der Waals surface area contributed by atoms with E-state index >= 15 is 0 Å². The first kappa shape index (κ1) is 121. The minimum Gasteiger partial charge on any atom is -0.744 e. The Morgan fingerprint density at radius 2 is 0.352 bits per heavy atom. The molecular formula is C108H186CaO14S2. The van der Waals surface area contributed by atoms with Crippen LogP contribution in [0.2, 0.25) is 0 Å². The smallest absolute Gasteiger partial charge is 0.744 e. The quantitative estimate of drug-likeness (QED) is 0.0150. The largest absolute Gasteiger partial charge is 2.00 e. The minimum absolute atomic E-state index is 0. The Kier molecular flexibility index (Phi) is 89.5. The standard InChI is InChI=1S/2C54H94O7S.Ca/c2*1-3-5-7-9-11-13-15-17-19-21-23-25-27-29-31-33-35-37-39-41-43-47-60-53(55)51-46-45-50(62(57,58)59)49-52(51)54(56)61-48-44-42-40-38-36-34-32-30-28-26-24-22-20-18-16-14-12-10-8-6-4-2;/h2*33-36,45-46,49H,3-32,37-44,47-48H2,1-2H3,(H,57,58,59);/q;;+2/p-2/b2*35-33+,36-34+;. The van der Waals surface area contributed by atoms with Gasteiger partial charge in [-0.15, -0.1) is 0 Å². The maximum Gasteiger partial charge on any atom is 2.00 e. The van der Waals surface area contributed by atoms with Crippen LogP contribution in [0.5, 0.6) is 0 Å². The van der Waals surface area contributed by atoms with Crippen LogP contribution in [-0.4, -0.2) is 114 Å². The van der Waals surface area contributed by atoms with Crippen LogP contribution in [0.1, 0.15) is 557 Å². The van der Waals surface area contributed by atoms with Crippen molar-refractivity contribution in [3.8, 4) is 0 Å². The normalized spacial score (nSPS) is 11.8. The minimum atomic E-state index is -4.83. The average molecular weight is 1810 g/mol. The fourth-order valence-corrected chi connectivity index (χ4v) is 16.9. The van der Waals surface area contributed by atoms with Crippen molar-refractivity contribution in [3.63, 3.8) is 0 Å². The number of allylic oxidation sites excluding steroid dienone is 8. The van der Waals surface area contributed by atoms with E-state index in [1.54, 1.807) is 0 Å². The van der Waals surface area contributed by atoms with Gasteiger partial charge >= 0.3 is 61.6 Å². The molecule has 0 N–H and O–H groups in total. The van der Waals surface area contributed by atoms with Crippen LogP contribution in [0.25, 0.3) is 0 Å². The Balaban J connectivity index is 0.00000244. The number of carbonyl (C=O) groups excluding carboxylic acids is 4. The molecule has 0 radical (unpaired) electrons. The van der Waals surface area contributed by atoms with Gasteiger partial charge in [-0.1, -0.05) is 410 Å². The summed E-state index contributed by atoms with van der Waals surface area (Å²) in [5, 5.41) is 0. The van der Waals surface area contributed by atoms with Crippen molar-refractivity contribution in [2.75, 3.05) is 26.4 Å². The molecule has 0 fully saturated rings. The number of unbranched alkanes of at least 4 members (excludes halogenated alkanes) is 68. The second kappa shape index (κ2) is 92.2. The van der Waals surface area contributed by atoms with E-state index in [0.717, 1.165) is 139 Å². The van der Waals surface area contributed by atoms with Crippen LogP contribution in [-0.2, 0) is 39.2 Å². The van der Waals surface area contributed by atoms with Crippen LogP contribution in [0.4, 0.5) is 0 Å². The van der Waals surface area contributed by atoms with Crippen molar-refractivity contribution < 1.29 is 64.1 Å². The SMILES string of the molecule is CCCCCCCCCCCCCCCC/C=C/CCCCCOC(=O)c1ccc(S(=O)(=O)[O-])cc1C(=O)OCCCCC/C=C/CCCCCCCCCCCCCCCC.CCCCCCCCCCCCCCCC/C=C/CCCCCOC(=O)c1ccc(S(=O)(=O)[O-])cc1C(=O)OCCCCC/C=C/CCCCCCCCCCCCCCCC.[Ca+2]. The van der Waals surface area contributed by atoms with Gasteiger partial charge in [0.1, 0.15) is 20.2 Å². The average Bonchev–Trinajstić information content (AvgIpc) is 0.812. The maximum absolute atomic E-state index is 13.0. The van der Waals surface area contributed by atoms with Gasteiger partial charge in [-0.25, -0.2) is 36.0 Å². The molecule has 0 saturated heterocycles. The number of ether oxygens (including phenoxy) is 4. The van der Waals surface area contributed by atoms with Gasteiger partial charge in [-0.3, -0.25) is 0 Å². The van der Waals surface area contributed by atoms with Crippen LogP contribution in [0.15, 0.2) is 94.8 Å². The number of hydrogen-bond acceptors (Lipinski definition) is 14. The van der Waals surface area contributed by atoms with E-state index in [4.69, 9.17) is 18.9 Å². The molecule has 0 aliphatic carbocycles. The maximum atomic E-state index is 13.0. The van der Waals surface area contributed by atoms with Gasteiger partial charge in [-0.05, 0) is 190 Å². The van der Waals surface area contributed by atoms with Crippen molar-refractivity contribution >= 4 is 81.9 Å². The fourth-order valence-electron chi connectivity index (χ4n) is 16.0. The number of hydrogen-bond donors (Lipinski definition) is 0. The van der Waals surface area contributed by atoms with Crippen LogP contribution in [0.3, 0.4) is 0 Å². The summed E-state index contributed by atoms with van der Waals surface area (Å²) in [6.07, 6.45) is 113. The predicted molar refractivity (Wildman–Crippen MR) is 526 cm³/mol. The summed E-state index contributed by atoms with van der Waals surface area (Å²) in [4.78, 5) is 50.7. The molecule has 0 saturated carbocycles. The first-order valence-electron chi connectivity index (χ1n) is 52.1. The van der Waals surface area contributed by atoms with Crippen molar-refractivity contribution in [3.05, 3.63) is 107 Å². The molecule has 0 amide bonds. The third kappa shape index (κ3) is 78.7. The molecule has 0 spiro atoms. The zero-order valence-corrected chi connectivity index (χ0v) is 84.7. The van der Waals surface area contributed by atoms with E-state index in [2.05, 4.69) is 76.3 Å². The third-order valence-electron chi connectivity index (χ3n) is 24.0. The molecule has 0 aromatic heterocycles. The molecule has 14 nitrogen and oxygen atoms in total. The summed E-state index contributed by atoms with van der Waals surface area (Å²) < 4.78 is 91.9. The molecule has 716 valence electrons. The van der Waals surface area contributed by atoms with Gasteiger partial charge in [0.15, 0.2) is 0 Å². The Hall–Kier alpha value is -3.64. The Morgan fingerprint density at radius 1 is 0.216 bits per heavy atom. The van der Waals surface area contributed by atoms with E-state index < -0.39 is 53.9 Å². The van der Waals surface area contributed by atoms with Gasteiger partial charge in [0, 0.05) is 0 Å². The van der Waals surface area contributed by atoms with Crippen LogP contribution >= 0.6 is 0 Å². The van der Waals surface area contributed by atoms with E-state index in [1.807, 2.05) is 0 Å². The number of esters is 4. The van der Waals surface area contributed by atoms with Gasteiger partial charge in [0.2, 0.25) is 0 Å². The summed E-state index contributed by atoms with van der Waals surface area (Å²) in [5.74, 6) is -3.14. The Morgan fingerprint density at radius 3 is 0.504 bits per heavy atom. The second-order valence-electron chi connectivity index (χ2n) is 35.7. The summed E-state index contributed by atoms with van der Waals surface area (Å²) in [7, 11) is -9.66.